The fourth-order valence-electron chi connectivity index (χ4n) is 3.42. The van der Waals surface area contributed by atoms with Gasteiger partial charge in [-0.1, -0.05) is 12.1 Å². The van der Waals surface area contributed by atoms with Crippen molar-refractivity contribution >= 4 is 23.5 Å². The third-order valence-corrected chi connectivity index (χ3v) is 6.79. The summed E-state index contributed by atoms with van der Waals surface area (Å²) in [7, 11) is 0. The summed E-state index contributed by atoms with van der Waals surface area (Å²) in [6, 6.07) is 8.79. The number of hydrogen-bond donors (Lipinski definition) is 0. The van der Waals surface area contributed by atoms with Crippen molar-refractivity contribution in [3.05, 3.63) is 47.8 Å². The molecule has 1 saturated carbocycles. The Hall–Kier alpha value is -1.08. The van der Waals surface area contributed by atoms with Crippen LogP contribution < -0.4 is 0 Å². The van der Waals surface area contributed by atoms with E-state index in [4.69, 9.17) is 9.47 Å². The van der Waals surface area contributed by atoms with E-state index in [2.05, 4.69) is 46.6 Å². The monoisotopic (exact) mass is 388 g/mol. The quantitative estimate of drug-likeness (QED) is 0.668. The highest BCUT2D eigenvalue weighted by Crippen LogP contribution is 2.48. The van der Waals surface area contributed by atoms with Crippen molar-refractivity contribution in [3.63, 3.8) is 0 Å². The molecular weight excluding hydrogens is 364 g/mol. The van der Waals surface area contributed by atoms with Gasteiger partial charge in [0.05, 0.1) is 36.5 Å². The van der Waals surface area contributed by atoms with Gasteiger partial charge >= 0.3 is 0 Å². The fourth-order valence-corrected chi connectivity index (χ4v) is 4.83. The second-order valence-corrected chi connectivity index (χ2v) is 8.80. The number of ether oxygens (including phenoxy) is 2. The zero-order chi connectivity index (χ0) is 17.6. The predicted octanol–water partition coefficient (Wildman–Crippen LogP) is 4.37. The lowest BCUT2D eigenvalue weighted by Gasteiger charge is -2.37. The van der Waals surface area contributed by atoms with Crippen LogP contribution in [0.2, 0.25) is 0 Å². The lowest BCUT2D eigenvalue weighted by molar-refractivity contribution is 0.0605. The minimum atomic E-state index is 0.573. The molecule has 0 radical (unpaired) electrons. The number of hydrogen-bond acceptors (Lipinski definition) is 6. The molecule has 1 aliphatic carbocycles. The highest BCUT2D eigenvalue weighted by molar-refractivity contribution is 7.99. The maximum Gasteiger partial charge on any atom is 0.0960 e. The van der Waals surface area contributed by atoms with Gasteiger partial charge in [-0.25, -0.2) is 9.97 Å². The summed E-state index contributed by atoms with van der Waals surface area (Å²) in [5.74, 6) is 2.99. The van der Waals surface area contributed by atoms with E-state index in [-0.39, 0.29) is 0 Å². The average molecular weight is 389 g/mol. The minimum Gasteiger partial charge on any atom is -0.378 e. The van der Waals surface area contributed by atoms with E-state index >= 15 is 0 Å². The Balaban J connectivity index is 1.48. The summed E-state index contributed by atoms with van der Waals surface area (Å²) < 4.78 is 11.2. The predicted molar refractivity (Wildman–Crippen MR) is 106 cm³/mol. The molecule has 1 fully saturated rings. The van der Waals surface area contributed by atoms with Gasteiger partial charge in [0.2, 0.25) is 0 Å². The molecule has 0 aromatic carbocycles. The summed E-state index contributed by atoms with van der Waals surface area (Å²) >= 11 is 3.50. The molecule has 6 heteroatoms. The van der Waals surface area contributed by atoms with E-state index in [0.717, 1.165) is 34.8 Å². The van der Waals surface area contributed by atoms with Crippen LogP contribution in [0.5, 0.6) is 0 Å². The van der Waals surface area contributed by atoms with Gasteiger partial charge in [-0.3, -0.25) is 0 Å². The van der Waals surface area contributed by atoms with Gasteiger partial charge in [-0.15, -0.1) is 23.5 Å². The van der Waals surface area contributed by atoms with E-state index < -0.39 is 0 Å². The Morgan fingerprint density at radius 3 is 1.58 bits per heavy atom. The van der Waals surface area contributed by atoms with Crippen LogP contribution in [0, 0.1) is 0 Å². The van der Waals surface area contributed by atoms with Crippen molar-refractivity contribution < 1.29 is 9.47 Å². The van der Waals surface area contributed by atoms with Crippen molar-refractivity contribution in [2.45, 2.75) is 34.7 Å². The zero-order valence-electron chi connectivity index (χ0n) is 14.8. The molecule has 2 aromatic heterocycles. The van der Waals surface area contributed by atoms with Crippen molar-refractivity contribution in [2.24, 2.45) is 0 Å². The van der Waals surface area contributed by atoms with E-state index in [9.17, 15) is 0 Å². The second kappa shape index (κ2) is 9.22. The molecular formula is C20H24N2O2S2. The lowest BCUT2D eigenvalue weighted by atomic mass is 9.67. The molecule has 4 nitrogen and oxygen atoms in total. The van der Waals surface area contributed by atoms with Gasteiger partial charge in [0, 0.05) is 23.9 Å². The van der Waals surface area contributed by atoms with Crippen LogP contribution in [-0.4, -0.2) is 47.9 Å². The van der Waals surface area contributed by atoms with Crippen molar-refractivity contribution in [1.29, 1.82) is 0 Å². The number of aromatic nitrogens is 2. The Morgan fingerprint density at radius 1 is 0.692 bits per heavy atom. The molecule has 0 unspecified atom stereocenters. The summed E-state index contributed by atoms with van der Waals surface area (Å²) in [6.07, 6.45) is 6.59. The van der Waals surface area contributed by atoms with E-state index in [0.29, 0.717) is 25.0 Å². The standard InChI is InChI=1S/C20H24N2O2S2/c1-5-19-21-13-15(1)17-3-4-18(17)16-2-6-20(22-14-16)26-12-10-24-8-7-23-9-11-25-19/h1-2,5-6,13-14,17-18H,3-4,7-12H2/t17-,18+. The summed E-state index contributed by atoms with van der Waals surface area (Å²) in [6.45, 7) is 2.75. The van der Waals surface area contributed by atoms with Crippen molar-refractivity contribution in [3.8, 4) is 0 Å². The fraction of sp³-hybridized carbons (Fsp3) is 0.500. The van der Waals surface area contributed by atoms with Crippen LogP contribution in [0.1, 0.15) is 35.8 Å². The van der Waals surface area contributed by atoms with Gasteiger partial charge < -0.3 is 9.47 Å². The molecule has 0 spiro atoms. The first-order valence-electron chi connectivity index (χ1n) is 9.23. The average Bonchev–Trinajstić information content (AvgIpc) is 2.64. The molecule has 5 heterocycles. The highest BCUT2D eigenvalue weighted by Gasteiger charge is 2.33. The normalized spacial score (nSPS) is 24.6. The molecule has 138 valence electrons. The summed E-state index contributed by atoms with van der Waals surface area (Å²) in [5, 5.41) is 2.14. The Labute approximate surface area is 163 Å². The molecule has 0 saturated heterocycles. The summed E-state index contributed by atoms with van der Waals surface area (Å²) in [5.41, 5.74) is 2.71. The SMILES string of the molecule is c1cc2ncc1[C@H]1CC[C@H]1c1ccc(nc1)SCCOCCOCCS2. The Kier molecular flexibility index (Phi) is 6.49. The first-order chi connectivity index (χ1) is 12.9. The van der Waals surface area contributed by atoms with Crippen LogP contribution in [0.15, 0.2) is 46.7 Å². The maximum atomic E-state index is 5.62. The third-order valence-electron chi connectivity index (χ3n) is 4.98. The molecule has 2 aromatic rings. The van der Waals surface area contributed by atoms with Gasteiger partial charge in [0.15, 0.2) is 0 Å². The smallest absolute Gasteiger partial charge is 0.0960 e. The van der Waals surface area contributed by atoms with Crippen LogP contribution in [0.4, 0.5) is 0 Å². The lowest BCUT2D eigenvalue weighted by Crippen LogP contribution is -2.22. The van der Waals surface area contributed by atoms with Crippen LogP contribution in [-0.2, 0) is 9.47 Å². The Morgan fingerprint density at radius 2 is 1.19 bits per heavy atom. The van der Waals surface area contributed by atoms with Crippen molar-refractivity contribution in [1.82, 2.24) is 9.97 Å². The van der Waals surface area contributed by atoms with Gasteiger partial charge in [-0.05, 0) is 47.9 Å². The second-order valence-electron chi connectivity index (χ2n) is 6.57. The number of fused-ring (bicyclic) bond motifs is 2. The topological polar surface area (TPSA) is 44.2 Å². The van der Waals surface area contributed by atoms with Crippen molar-refractivity contribution in [2.75, 3.05) is 37.9 Å². The largest absolute Gasteiger partial charge is 0.378 e. The minimum absolute atomic E-state index is 0.573. The maximum absolute atomic E-state index is 5.62. The molecule has 2 atom stereocenters. The number of thioether (sulfide) groups is 2. The Bertz CT molecular complexity index is 632. The molecule has 3 aliphatic heterocycles. The molecule has 0 amide bonds. The molecule has 6 rings (SSSR count). The number of rotatable bonds is 0. The molecule has 26 heavy (non-hydrogen) atoms. The summed E-state index contributed by atoms with van der Waals surface area (Å²) in [4.78, 5) is 9.29. The molecule has 4 aliphatic rings. The first kappa shape index (κ1) is 18.3. The zero-order valence-corrected chi connectivity index (χ0v) is 16.4. The third kappa shape index (κ3) is 4.60. The number of pyridine rings is 2. The van der Waals surface area contributed by atoms with Crippen LogP contribution >= 0.6 is 23.5 Å². The number of nitrogens with zero attached hydrogens (tertiary/aromatic N) is 2. The van der Waals surface area contributed by atoms with Gasteiger partial charge in [-0.2, -0.15) is 0 Å². The van der Waals surface area contributed by atoms with Crippen LogP contribution in [0.3, 0.4) is 0 Å². The first-order valence-corrected chi connectivity index (χ1v) is 11.2. The van der Waals surface area contributed by atoms with E-state index in [1.165, 1.54) is 24.0 Å². The molecule has 4 bridgehead atoms. The van der Waals surface area contributed by atoms with Gasteiger partial charge in [0.1, 0.15) is 0 Å². The van der Waals surface area contributed by atoms with E-state index in [1.807, 2.05) is 0 Å². The van der Waals surface area contributed by atoms with E-state index in [1.54, 1.807) is 23.5 Å². The van der Waals surface area contributed by atoms with Crippen LogP contribution in [0.25, 0.3) is 0 Å². The highest BCUT2D eigenvalue weighted by atomic mass is 32.2. The van der Waals surface area contributed by atoms with Gasteiger partial charge in [0.25, 0.3) is 0 Å². The molecule has 0 N–H and O–H groups in total.